The molecule has 2 aromatic rings. The molecule has 7 nitrogen and oxygen atoms in total. The summed E-state index contributed by atoms with van der Waals surface area (Å²) < 4.78 is 12.3. The van der Waals surface area contributed by atoms with E-state index in [9.17, 15) is 14.4 Å². The number of carbonyl (C=O) groups excluding carboxylic acids is 3. The standard InChI is InChI=1S/C42H48N2O5/c1-6-44-36-26-40-34(22-28(36)3)41(33-21-27(2)35(43-5)25-39(33)49-40)31-18-14-15-19-32(31)42(47)48-20-16-12-10-8-7-9-11-13-17-30-24-37(45)29(4)23-38(30)46/h14-15,18-19,21-26,44H,6-13,16-17,20H2,1-5H3. The lowest BCUT2D eigenvalue weighted by atomic mass is 9.89. The number of anilines is 1. The number of hydrogen-bond donors (Lipinski definition) is 1. The van der Waals surface area contributed by atoms with Crippen molar-refractivity contribution in [1.82, 2.24) is 0 Å². The normalized spacial score (nSPS) is 13.6. The smallest absolute Gasteiger partial charge is 0.338 e. The van der Waals surface area contributed by atoms with Gasteiger partial charge >= 0.3 is 5.97 Å². The van der Waals surface area contributed by atoms with Gasteiger partial charge in [-0.25, -0.2) is 4.79 Å². The second-order valence-electron chi connectivity index (χ2n) is 13.0. The summed E-state index contributed by atoms with van der Waals surface area (Å²) in [6, 6.07) is 15.9. The summed E-state index contributed by atoms with van der Waals surface area (Å²) >= 11 is 0. The average molecular weight is 661 g/mol. The topological polar surface area (TPSA) is 98.0 Å². The van der Waals surface area contributed by atoms with E-state index in [0.29, 0.717) is 35.5 Å². The van der Waals surface area contributed by atoms with E-state index in [1.165, 1.54) is 12.2 Å². The number of nitrogens with zero attached hydrogens (tertiary/aromatic N) is 1. The first-order valence-electron chi connectivity index (χ1n) is 17.6. The largest absolute Gasteiger partial charge is 0.462 e. The summed E-state index contributed by atoms with van der Waals surface area (Å²) in [4.78, 5) is 41.9. The zero-order valence-corrected chi connectivity index (χ0v) is 29.5. The van der Waals surface area contributed by atoms with Crippen LogP contribution in [0, 0.1) is 13.8 Å². The molecule has 1 heterocycles. The summed E-state index contributed by atoms with van der Waals surface area (Å²) in [5.41, 5.74) is 8.26. The van der Waals surface area contributed by atoms with Gasteiger partial charge in [0.1, 0.15) is 11.3 Å². The van der Waals surface area contributed by atoms with E-state index >= 15 is 0 Å². The number of ketones is 2. The van der Waals surface area contributed by atoms with Crippen molar-refractivity contribution in [3.8, 4) is 22.5 Å². The molecule has 0 fully saturated rings. The molecule has 49 heavy (non-hydrogen) atoms. The van der Waals surface area contributed by atoms with Crippen LogP contribution in [0.15, 0.2) is 81.2 Å². The Labute approximate surface area is 289 Å². The van der Waals surface area contributed by atoms with Crippen LogP contribution in [0.1, 0.15) is 93.1 Å². The van der Waals surface area contributed by atoms with Gasteiger partial charge in [0, 0.05) is 59.1 Å². The van der Waals surface area contributed by atoms with Crippen LogP contribution < -0.4 is 10.7 Å². The molecule has 0 saturated heterocycles. The quantitative estimate of drug-likeness (QED) is 0.0590. The Morgan fingerprint density at radius 1 is 0.816 bits per heavy atom. The lowest BCUT2D eigenvalue weighted by Gasteiger charge is -2.19. The van der Waals surface area contributed by atoms with Gasteiger partial charge in [0.2, 0.25) is 0 Å². The average Bonchev–Trinajstić information content (AvgIpc) is 3.08. The van der Waals surface area contributed by atoms with Crippen LogP contribution >= 0.6 is 0 Å². The molecule has 0 atom stereocenters. The number of carbonyl (C=O) groups is 3. The lowest BCUT2D eigenvalue weighted by molar-refractivity contribution is -0.115. The molecule has 0 spiro atoms. The van der Waals surface area contributed by atoms with E-state index in [1.54, 1.807) is 14.0 Å². The van der Waals surface area contributed by atoms with Gasteiger partial charge in [-0.2, -0.15) is 0 Å². The van der Waals surface area contributed by atoms with Crippen LogP contribution in [0.2, 0.25) is 0 Å². The maximum absolute atomic E-state index is 13.6. The summed E-state index contributed by atoms with van der Waals surface area (Å²) in [5.74, 6) is 0.314. The van der Waals surface area contributed by atoms with Crippen molar-refractivity contribution in [2.45, 2.75) is 85.5 Å². The maximum atomic E-state index is 13.6. The van der Waals surface area contributed by atoms with Crippen LogP contribution in [0.25, 0.3) is 33.4 Å². The van der Waals surface area contributed by atoms with E-state index < -0.39 is 0 Å². The van der Waals surface area contributed by atoms with Crippen LogP contribution in [0.4, 0.5) is 5.69 Å². The molecule has 0 unspecified atom stereocenters. The number of nitrogens with one attached hydrogen (secondary N) is 1. The van der Waals surface area contributed by atoms with Gasteiger partial charge in [-0.3, -0.25) is 14.6 Å². The molecule has 2 aromatic carbocycles. The molecule has 256 valence electrons. The van der Waals surface area contributed by atoms with Crippen molar-refractivity contribution < 1.29 is 23.5 Å². The first-order valence-corrected chi connectivity index (χ1v) is 17.6. The summed E-state index contributed by atoms with van der Waals surface area (Å²) in [6.07, 6.45) is 11.9. The number of allylic oxidation sites excluding steroid dienone is 4. The summed E-state index contributed by atoms with van der Waals surface area (Å²) in [5, 5.41) is 5.23. The van der Waals surface area contributed by atoms with Crippen molar-refractivity contribution in [2.24, 2.45) is 4.99 Å². The van der Waals surface area contributed by atoms with E-state index in [0.717, 1.165) is 108 Å². The molecular formula is C42H48N2O5. The molecule has 5 rings (SSSR count). The third kappa shape index (κ3) is 8.45. The van der Waals surface area contributed by atoms with Crippen molar-refractivity contribution in [3.05, 3.63) is 93.9 Å². The first kappa shape index (κ1) is 35.5. The zero-order valence-electron chi connectivity index (χ0n) is 29.5. The number of fused-ring (bicyclic) bond motifs is 2. The lowest BCUT2D eigenvalue weighted by Crippen LogP contribution is -2.11. The fourth-order valence-corrected chi connectivity index (χ4v) is 6.60. The number of unbranched alkanes of at least 4 members (excludes halogenated alkanes) is 7. The molecule has 2 aliphatic carbocycles. The molecule has 1 N–H and O–H groups in total. The Balaban J connectivity index is 1.19. The Bertz CT molecular complexity index is 1960. The molecule has 0 radical (unpaired) electrons. The highest BCUT2D eigenvalue weighted by molar-refractivity contribution is 6.19. The van der Waals surface area contributed by atoms with Crippen molar-refractivity contribution >= 4 is 34.2 Å². The predicted molar refractivity (Wildman–Crippen MR) is 197 cm³/mol. The second-order valence-corrected chi connectivity index (χ2v) is 13.0. The van der Waals surface area contributed by atoms with Gasteiger partial charge < -0.3 is 14.5 Å². The highest BCUT2D eigenvalue weighted by Gasteiger charge is 2.23. The molecule has 0 bridgehead atoms. The van der Waals surface area contributed by atoms with Crippen LogP contribution in [-0.4, -0.2) is 37.7 Å². The zero-order chi connectivity index (χ0) is 34.9. The minimum absolute atomic E-state index is 0.0229. The summed E-state index contributed by atoms with van der Waals surface area (Å²) in [7, 11) is 1.78. The van der Waals surface area contributed by atoms with Crippen LogP contribution in [-0.2, 0) is 14.3 Å². The van der Waals surface area contributed by atoms with Gasteiger partial charge in [-0.1, -0.05) is 56.7 Å². The Morgan fingerprint density at radius 2 is 1.53 bits per heavy atom. The van der Waals surface area contributed by atoms with Crippen molar-refractivity contribution in [3.63, 3.8) is 0 Å². The van der Waals surface area contributed by atoms with Gasteiger partial charge in [0.05, 0.1) is 17.5 Å². The van der Waals surface area contributed by atoms with Gasteiger partial charge in [-0.05, 0) is 94.0 Å². The SMILES string of the molecule is CCNc1cc2oc3cc(=NC)c(C)cc-3c(-c3ccccc3C(=O)OCCCCCCCCCCC3=CC(=O)C(C)=CC3=O)c2cc1C. The second kappa shape index (κ2) is 16.6. The number of aryl methyl sites for hydroxylation is 2. The fraction of sp³-hybridized carbons (Fsp3) is 0.381. The number of ether oxygens (including phenoxy) is 1. The van der Waals surface area contributed by atoms with Gasteiger partial charge in [0.25, 0.3) is 0 Å². The molecule has 0 aromatic heterocycles. The van der Waals surface area contributed by atoms with Crippen molar-refractivity contribution in [2.75, 3.05) is 25.5 Å². The third-order valence-electron chi connectivity index (χ3n) is 9.34. The van der Waals surface area contributed by atoms with E-state index in [2.05, 4.69) is 36.3 Å². The number of esters is 1. The van der Waals surface area contributed by atoms with E-state index in [4.69, 9.17) is 9.15 Å². The molecule has 3 aliphatic rings. The predicted octanol–water partition coefficient (Wildman–Crippen LogP) is 9.48. The highest BCUT2D eigenvalue weighted by atomic mass is 16.5. The highest BCUT2D eigenvalue weighted by Crippen LogP contribution is 2.43. The molecule has 1 aliphatic heterocycles. The van der Waals surface area contributed by atoms with Gasteiger partial charge in [0.15, 0.2) is 11.6 Å². The van der Waals surface area contributed by atoms with Gasteiger partial charge in [-0.15, -0.1) is 0 Å². The fourth-order valence-electron chi connectivity index (χ4n) is 6.60. The molecular weight excluding hydrogens is 612 g/mol. The molecule has 0 amide bonds. The number of benzene rings is 3. The summed E-state index contributed by atoms with van der Waals surface area (Å²) in [6.45, 7) is 9.05. The Hall–Kier alpha value is -4.78. The van der Waals surface area contributed by atoms with E-state index in [-0.39, 0.29) is 17.5 Å². The Morgan fingerprint density at radius 3 is 2.27 bits per heavy atom. The minimum atomic E-state index is -0.325. The van der Waals surface area contributed by atoms with Crippen molar-refractivity contribution in [1.29, 1.82) is 0 Å². The monoisotopic (exact) mass is 660 g/mol. The van der Waals surface area contributed by atoms with E-state index in [1.807, 2.05) is 43.3 Å². The van der Waals surface area contributed by atoms with Crippen LogP contribution in [0.3, 0.4) is 0 Å². The minimum Gasteiger partial charge on any atom is -0.462 e. The number of rotatable bonds is 15. The first-order chi connectivity index (χ1) is 23.7. The van der Waals surface area contributed by atoms with Crippen LogP contribution in [0.5, 0.6) is 0 Å². The maximum Gasteiger partial charge on any atom is 0.338 e. The number of hydrogen-bond acceptors (Lipinski definition) is 7. The molecule has 0 saturated carbocycles. The third-order valence-corrected chi connectivity index (χ3v) is 9.34. The Kier molecular flexibility index (Phi) is 12.0. The molecule has 7 heteroatoms.